The first-order valence-corrected chi connectivity index (χ1v) is 8.33. The molecule has 0 radical (unpaired) electrons. The van der Waals surface area contributed by atoms with E-state index < -0.39 is 0 Å². The van der Waals surface area contributed by atoms with Gasteiger partial charge in [0, 0.05) is 6.54 Å². The minimum Gasteiger partial charge on any atom is -0.319 e. The maximum absolute atomic E-state index is 4.62. The molecule has 0 aliphatic heterocycles. The summed E-state index contributed by atoms with van der Waals surface area (Å²) < 4.78 is 3.38. The molecule has 1 fully saturated rings. The van der Waals surface area contributed by atoms with Crippen LogP contribution in [0, 0.1) is 18.8 Å². The van der Waals surface area contributed by atoms with Crippen LogP contribution >= 0.6 is 15.9 Å². The summed E-state index contributed by atoms with van der Waals surface area (Å²) in [4.78, 5) is 0. The first-order valence-electron chi connectivity index (χ1n) is 7.53. The molecular formula is C15H26BrN3. The molecule has 0 spiro atoms. The van der Waals surface area contributed by atoms with Crippen LogP contribution in [0.3, 0.4) is 0 Å². The third-order valence-electron chi connectivity index (χ3n) is 4.44. The minimum absolute atomic E-state index is 0.741. The number of halogens is 1. The van der Waals surface area contributed by atoms with Crippen molar-refractivity contribution in [3.05, 3.63) is 15.9 Å². The van der Waals surface area contributed by atoms with Crippen LogP contribution in [-0.4, -0.2) is 23.4 Å². The fraction of sp³-hybridized carbons (Fsp3) is 0.800. The average Bonchev–Trinajstić information content (AvgIpc) is 3.01. The summed E-state index contributed by atoms with van der Waals surface area (Å²) in [7, 11) is 2.07. The van der Waals surface area contributed by atoms with Gasteiger partial charge in [-0.25, -0.2) is 0 Å². The standard InChI is InChI=1S/C15H26BrN3/c1-4-19-14(15(16)11(2)18-19)9-13(10-17-3)12-7-5-6-8-12/h12-13,17H,4-10H2,1-3H3. The first kappa shape index (κ1) is 15.0. The molecule has 4 heteroatoms. The molecule has 3 nitrogen and oxygen atoms in total. The van der Waals surface area contributed by atoms with Crippen LogP contribution in [0.5, 0.6) is 0 Å². The monoisotopic (exact) mass is 327 g/mol. The Morgan fingerprint density at radius 1 is 1.42 bits per heavy atom. The molecule has 0 aromatic carbocycles. The lowest BCUT2D eigenvalue weighted by Gasteiger charge is -2.23. The molecule has 0 amide bonds. The predicted octanol–water partition coefficient (Wildman–Crippen LogP) is 3.54. The van der Waals surface area contributed by atoms with Crippen LogP contribution in [0.2, 0.25) is 0 Å². The van der Waals surface area contributed by atoms with E-state index in [2.05, 4.69) is 51.9 Å². The van der Waals surface area contributed by atoms with Crippen molar-refractivity contribution in [1.29, 1.82) is 0 Å². The lowest BCUT2D eigenvalue weighted by atomic mass is 9.87. The number of aromatic nitrogens is 2. The van der Waals surface area contributed by atoms with Crippen LogP contribution in [0.15, 0.2) is 4.47 Å². The Morgan fingerprint density at radius 3 is 2.68 bits per heavy atom. The number of aryl methyl sites for hydroxylation is 2. The third kappa shape index (κ3) is 3.40. The second-order valence-electron chi connectivity index (χ2n) is 5.73. The van der Waals surface area contributed by atoms with Gasteiger partial charge >= 0.3 is 0 Å². The van der Waals surface area contributed by atoms with Crippen molar-refractivity contribution in [2.24, 2.45) is 11.8 Å². The molecule has 1 aliphatic rings. The highest BCUT2D eigenvalue weighted by Crippen LogP contribution is 2.34. The van der Waals surface area contributed by atoms with E-state index in [0.29, 0.717) is 0 Å². The molecule has 1 unspecified atom stereocenters. The van der Waals surface area contributed by atoms with Crippen molar-refractivity contribution in [1.82, 2.24) is 15.1 Å². The van der Waals surface area contributed by atoms with E-state index in [-0.39, 0.29) is 0 Å². The number of hydrogen-bond donors (Lipinski definition) is 1. The molecule has 1 saturated carbocycles. The smallest absolute Gasteiger partial charge is 0.0738 e. The first-order chi connectivity index (χ1) is 9.17. The van der Waals surface area contributed by atoms with Gasteiger partial charge in [-0.3, -0.25) is 4.68 Å². The maximum Gasteiger partial charge on any atom is 0.0738 e. The van der Waals surface area contributed by atoms with Gasteiger partial charge in [0.1, 0.15) is 0 Å². The Bertz CT molecular complexity index is 408. The van der Waals surface area contributed by atoms with E-state index in [9.17, 15) is 0 Å². The van der Waals surface area contributed by atoms with E-state index in [1.807, 2.05) is 0 Å². The largest absolute Gasteiger partial charge is 0.319 e. The number of rotatable bonds is 6. The average molecular weight is 328 g/mol. The van der Waals surface area contributed by atoms with Gasteiger partial charge in [0.2, 0.25) is 0 Å². The maximum atomic E-state index is 4.62. The van der Waals surface area contributed by atoms with Gasteiger partial charge in [0.05, 0.1) is 15.9 Å². The zero-order valence-corrected chi connectivity index (χ0v) is 14.0. The summed E-state index contributed by atoms with van der Waals surface area (Å²) in [6, 6.07) is 0. The van der Waals surface area contributed by atoms with Crippen molar-refractivity contribution in [2.45, 2.75) is 52.5 Å². The Labute approximate surface area is 125 Å². The molecule has 108 valence electrons. The van der Waals surface area contributed by atoms with Crippen LogP contribution in [0.25, 0.3) is 0 Å². The zero-order chi connectivity index (χ0) is 13.8. The van der Waals surface area contributed by atoms with Gasteiger partial charge in [0.15, 0.2) is 0 Å². The molecule has 2 rings (SSSR count). The zero-order valence-electron chi connectivity index (χ0n) is 12.4. The van der Waals surface area contributed by atoms with E-state index in [1.54, 1.807) is 0 Å². The van der Waals surface area contributed by atoms with Crippen LogP contribution in [0.4, 0.5) is 0 Å². The number of nitrogens with one attached hydrogen (secondary N) is 1. The van der Waals surface area contributed by atoms with Crippen molar-refractivity contribution in [3.63, 3.8) is 0 Å². The summed E-state index contributed by atoms with van der Waals surface area (Å²) in [5.74, 6) is 1.63. The fourth-order valence-electron chi connectivity index (χ4n) is 3.41. The second kappa shape index (κ2) is 6.89. The highest BCUT2D eigenvalue weighted by atomic mass is 79.9. The van der Waals surface area contributed by atoms with Crippen molar-refractivity contribution in [3.8, 4) is 0 Å². The summed E-state index contributed by atoms with van der Waals surface area (Å²) in [6.07, 6.45) is 6.78. The molecule has 1 N–H and O–H groups in total. The van der Waals surface area contributed by atoms with Crippen LogP contribution < -0.4 is 5.32 Å². The number of hydrogen-bond acceptors (Lipinski definition) is 2. The van der Waals surface area contributed by atoms with Crippen molar-refractivity contribution in [2.75, 3.05) is 13.6 Å². The Kier molecular flexibility index (Phi) is 5.46. The van der Waals surface area contributed by atoms with Gasteiger partial charge < -0.3 is 5.32 Å². The van der Waals surface area contributed by atoms with Crippen LogP contribution in [0.1, 0.15) is 44.0 Å². The van der Waals surface area contributed by atoms with Gasteiger partial charge in [-0.05, 0) is 61.6 Å². The third-order valence-corrected chi connectivity index (χ3v) is 5.47. The molecule has 1 heterocycles. The lowest BCUT2D eigenvalue weighted by Crippen LogP contribution is -2.27. The van der Waals surface area contributed by atoms with Gasteiger partial charge in [-0.15, -0.1) is 0 Å². The fourth-order valence-corrected chi connectivity index (χ4v) is 3.85. The highest BCUT2D eigenvalue weighted by Gasteiger charge is 2.27. The quantitative estimate of drug-likeness (QED) is 0.866. The van der Waals surface area contributed by atoms with E-state index in [0.717, 1.165) is 37.0 Å². The Morgan fingerprint density at radius 2 is 2.11 bits per heavy atom. The second-order valence-corrected chi connectivity index (χ2v) is 6.52. The summed E-state index contributed by atoms with van der Waals surface area (Å²) in [5.41, 5.74) is 2.50. The summed E-state index contributed by atoms with van der Waals surface area (Å²) >= 11 is 3.73. The minimum atomic E-state index is 0.741. The molecule has 0 bridgehead atoms. The Balaban J connectivity index is 2.16. The Hall–Kier alpha value is -0.350. The van der Waals surface area contributed by atoms with Gasteiger partial charge in [-0.1, -0.05) is 25.7 Å². The molecule has 1 aromatic rings. The molecule has 1 atom stereocenters. The van der Waals surface area contributed by atoms with Crippen molar-refractivity contribution < 1.29 is 0 Å². The normalized spacial score (nSPS) is 18.1. The topological polar surface area (TPSA) is 29.9 Å². The molecule has 19 heavy (non-hydrogen) atoms. The molecule has 0 saturated heterocycles. The predicted molar refractivity (Wildman–Crippen MR) is 83.4 cm³/mol. The van der Waals surface area contributed by atoms with Gasteiger partial charge in [0.25, 0.3) is 0 Å². The lowest BCUT2D eigenvalue weighted by molar-refractivity contribution is 0.321. The van der Waals surface area contributed by atoms with E-state index in [4.69, 9.17) is 0 Å². The highest BCUT2D eigenvalue weighted by molar-refractivity contribution is 9.10. The van der Waals surface area contributed by atoms with E-state index in [1.165, 1.54) is 35.8 Å². The summed E-state index contributed by atoms with van der Waals surface area (Å²) in [6.45, 7) is 6.33. The van der Waals surface area contributed by atoms with E-state index >= 15 is 0 Å². The molecular weight excluding hydrogens is 302 g/mol. The summed E-state index contributed by atoms with van der Waals surface area (Å²) in [5, 5.41) is 8.00. The SMILES string of the molecule is CCn1nc(C)c(Br)c1CC(CNC)C1CCCC1. The van der Waals surface area contributed by atoms with Crippen molar-refractivity contribution >= 4 is 15.9 Å². The molecule has 1 aromatic heterocycles. The van der Waals surface area contributed by atoms with Gasteiger partial charge in [-0.2, -0.15) is 5.10 Å². The number of nitrogens with zero attached hydrogens (tertiary/aromatic N) is 2. The van der Waals surface area contributed by atoms with Crippen LogP contribution in [-0.2, 0) is 13.0 Å². The molecule has 1 aliphatic carbocycles.